The monoisotopic (exact) mass is 556 g/mol. The smallest absolute Gasteiger partial charge is 0.264 e. The van der Waals surface area contributed by atoms with Gasteiger partial charge in [-0.25, -0.2) is 22.5 Å². The Morgan fingerprint density at radius 2 is 1.97 bits per heavy atom. The zero-order valence-corrected chi connectivity index (χ0v) is 22.6. The van der Waals surface area contributed by atoms with E-state index in [1.807, 2.05) is 18.6 Å². The molecule has 0 radical (unpaired) electrons. The van der Waals surface area contributed by atoms with Crippen molar-refractivity contribution >= 4 is 21.6 Å². The molecule has 1 aliphatic carbocycles. The third-order valence-electron chi connectivity index (χ3n) is 6.76. The molecule has 1 amide bonds. The maximum atomic E-state index is 15.1. The van der Waals surface area contributed by atoms with Gasteiger partial charge in [0.15, 0.2) is 11.5 Å². The van der Waals surface area contributed by atoms with Gasteiger partial charge in [0.05, 0.1) is 11.1 Å². The van der Waals surface area contributed by atoms with Gasteiger partial charge in [-0.15, -0.1) is 0 Å². The van der Waals surface area contributed by atoms with Crippen molar-refractivity contribution in [2.24, 2.45) is 0 Å². The molecule has 1 N–H and O–H groups in total. The van der Waals surface area contributed by atoms with Gasteiger partial charge in [-0.3, -0.25) is 4.79 Å². The molecule has 13 heteroatoms. The zero-order valence-electron chi connectivity index (χ0n) is 21.8. The maximum Gasteiger partial charge on any atom is 0.264 e. The average Bonchev–Trinajstić information content (AvgIpc) is 3.58. The fourth-order valence-corrected chi connectivity index (χ4v) is 5.63. The van der Waals surface area contributed by atoms with E-state index < -0.39 is 21.7 Å². The summed E-state index contributed by atoms with van der Waals surface area (Å²) in [6.45, 7) is 5.57. The number of rotatable bonds is 8. The highest BCUT2D eigenvalue weighted by Crippen LogP contribution is 2.35. The standard InChI is InChI=1S/C26H29FN6O5S/c1-4-22(34)32-39(35,36)18-9-10-19(21(27)13-18)20-14-29-33-23(11-12-28-25(20)33)37-17-7-5-16(6-8-17)26-30-24(15(2)3)31-38-26/h9-17H,4-8H2,1-3H3,(H,32,34). The van der Waals surface area contributed by atoms with Crippen molar-refractivity contribution in [1.82, 2.24) is 29.5 Å². The van der Waals surface area contributed by atoms with Crippen molar-refractivity contribution < 1.29 is 26.9 Å². The molecule has 11 nitrogen and oxygen atoms in total. The number of sulfonamides is 1. The van der Waals surface area contributed by atoms with E-state index in [1.165, 1.54) is 29.8 Å². The third-order valence-corrected chi connectivity index (χ3v) is 8.13. The van der Waals surface area contributed by atoms with Gasteiger partial charge >= 0.3 is 0 Å². The lowest BCUT2D eigenvalue weighted by molar-refractivity contribution is -0.119. The van der Waals surface area contributed by atoms with Gasteiger partial charge < -0.3 is 9.26 Å². The summed E-state index contributed by atoms with van der Waals surface area (Å²) in [5.41, 5.74) is 0.860. The first-order valence-corrected chi connectivity index (χ1v) is 14.3. The molecule has 4 aromatic rings. The minimum Gasteiger partial charge on any atom is -0.474 e. The van der Waals surface area contributed by atoms with Crippen LogP contribution in [0.15, 0.2) is 46.1 Å². The number of carbonyl (C=O) groups is 1. The van der Waals surface area contributed by atoms with Crippen molar-refractivity contribution in [2.75, 3.05) is 0 Å². The van der Waals surface area contributed by atoms with Gasteiger partial charge in [0.1, 0.15) is 11.9 Å². The topological polar surface area (TPSA) is 142 Å². The van der Waals surface area contributed by atoms with Crippen LogP contribution < -0.4 is 9.46 Å². The Kier molecular flexibility index (Phi) is 7.34. The summed E-state index contributed by atoms with van der Waals surface area (Å²) in [4.78, 5) is 20.1. The van der Waals surface area contributed by atoms with Gasteiger partial charge in [0, 0.05) is 41.6 Å². The number of amides is 1. The quantitative estimate of drug-likeness (QED) is 0.335. The van der Waals surface area contributed by atoms with Crippen LogP contribution >= 0.6 is 0 Å². The summed E-state index contributed by atoms with van der Waals surface area (Å²) in [6, 6.07) is 5.14. The van der Waals surface area contributed by atoms with E-state index in [9.17, 15) is 13.2 Å². The number of hydrogen-bond acceptors (Lipinski definition) is 9. The minimum atomic E-state index is -4.18. The molecule has 0 aliphatic heterocycles. The molecule has 0 unspecified atom stereocenters. The molecule has 0 atom stereocenters. The first kappa shape index (κ1) is 26.7. The molecule has 1 saturated carbocycles. The van der Waals surface area contributed by atoms with Gasteiger partial charge in [-0.05, 0) is 43.9 Å². The first-order valence-electron chi connectivity index (χ1n) is 12.8. The molecule has 0 bridgehead atoms. The number of aromatic nitrogens is 5. The van der Waals surface area contributed by atoms with Crippen LogP contribution in [0.25, 0.3) is 16.8 Å². The maximum absolute atomic E-state index is 15.1. The highest BCUT2D eigenvalue weighted by molar-refractivity contribution is 7.90. The molecule has 3 aromatic heterocycles. The van der Waals surface area contributed by atoms with Gasteiger partial charge in [0.25, 0.3) is 10.0 Å². The summed E-state index contributed by atoms with van der Waals surface area (Å²) >= 11 is 0. The van der Waals surface area contributed by atoms with Crippen LogP contribution in [0.2, 0.25) is 0 Å². The number of ether oxygens (including phenoxy) is 1. The van der Waals surface area contributed by atoms with E-state index in [1.54, 1.807) is 12.3 Å². The summed E-state index contributed by atoms with van der Waals surface area (Å²) in [7, 11) is -4.18. The predicted octanol–water partition coefficient (Wildman–Crippen LogP) is 4.36. The molecule has 1 fully saturated rings. The molecule has 39 heavy (non-hydrogen) atoms. The highest BCUT2D eigenvalue weighted by Gasteiger charge is 2.29. The molecule has 1 aliphatic rings. The number of carbonyl (C=O) groups excluding carboxylic acids is 1. The zero-order chi connectivity index (χ0) is 27.7. The molecule has 0 saturated heterocycles. The number of hydrogen-bond donors (Lipinski definition) is 1. The van der Waals surface area contributed by atoms with E-state index in [0.717, 1.165) is 31.7 Å². The van der Waals surface area contributed by atoms with Gasteiger partial charge in [0.2, 0.25) is 17.7 Å². The summed E-state index contributed by atoms with van der Waals surface area (Å²) in [5, 5.41) is 8.43. The molecule has 3 heterocycles. The van der Waals surface area contributed by atoms with Crippen LogP contribution in [0.3, 0.4) is 0 Å². The lowest BCUT2D eigenvalue weighted by Gasteiger charge is -2.27. The number of fused-ring (bicyclic) bond motifs is 1. The van der Waals surface area contributed by atoms with Gasteiger partial charge in [-0.2, -0.15) is 14.6 Å². The van der Waals surface area contributed by atoms with Gasteiger partial charge in [-0.1, -0.05) is 25.9 Å². The highest BCUT2D eigenvalue weighted by atomic mass is 32.2. The van der Waals surface area contributed by atoms with E-state index in [0.29, 0.717) is 28.8 Å². The van der Waals surface area contributed by atoms with Crippen LogP contribution in [0, 0.1) is 5.82 Å². The fourth-order valence-electron chi connectivity index (χ4n) is 4.56. The van der Waals surface area contributed by atoms with E-state index in [2.05, 4.69) is 20.2 Å². The van der Waals surface area contributed by atoms with Crippen molar-refractivity contribution in [1.29, 1.82) is 0 Å². The number of nitrogens with zero attached hydrogens (tertiary/aromatic N) is 5. The SMILES string of the molecule is CCC(=O)NS(=O)(=O)c1ccc(-c2cnn3c(OC4CCC(c5nc(C(C)C)no5)CC4)ccnc23)c(F)c1. The second-order valence-corrected chi connectivity index (χ2v) is 11.5. The Morgan fingerprint density at radius 1 is 1.21 bits per heavy atom. The normalized spacial score (nSPS) is 18.0. The number of halogens is 1. The first-order chi connectivity index (χ1) is 18.7. The summed E-state index contributed by atoms with van der Waals surface area (Å²) in [5.74, 6) is 0.803. The van der Waals surface area contributed by atoms with Crippen LogP contribution in [-0.4, -0.2) is 45.2 Å². The Balaban J connectivity index is 1.32. The molecular weight excluding hydrogens is 527 g/mol. The van der Waals surface area contributed by atoms with Crippen molar-refractivity contribution in [3.8, 4) is 17.0 Å². The minimum absolute atomic E-state index is 0.0164. The van der Waals surface area contributed by atoms with Crippen molar-refractivity contribution in [3.05, 3.63) is 54.2 Å². The second-order valence-electron chi connectivity index (χ2n) is 9.84. The largest absolute Gasteiger partial charge is 0.474 e. The summed E-state index contributed by atoms with van der Waals surface area (Å²) < 4.78 is 55.0. The Labute approximate surface area is 224 Å². The molecular formula is C26H29FN6O5S. The third kappa shape index (κ3) is 5.49. The van der Waals surface area contributed by atoms with Crippen molar-refractivity contribution in [2.45, 2.75) is 75.7 Å². The molecule has 1 aromatic carbocycles. The van der Waals surface area contributed by atoms with Crippen molar-refractivity contribution in [3.63, 3.8) is 0 Å². The van der Waals surface area contributed by atoms with E-state index in [4.69, 9.17) is 9.26 Å². The van der Waals surface area contributed by atoms with Crippen LogP contribution in [0.1, 0.15) is 76.4 Å². The van der Waals surface area contributed by atoms with Crippen LogP contribution in [-0.2, 0) is 14.8 Å². The number of nitrogens with one attached hydrogen (secondary N) is 1. The molecule has 5 rings (SSSR count). The average molecular weight is 557 g/mol. The van der Waals surface area contributed by atoms with Crippen LogP contribution in [0.5, 0.6) is 5.88 Å². The lowest BCUT2D eigenvalue weighted by Crippen LogP contribution is -2.29. The van der Waals surface area contributed by atoms with Crippen LogP contribution in [0.4, 0.5) is 4.39 Å². The number of benzene rings is 1. The molecule has 0 spiro atoms. The lowest BCUT2D eigenvalue weighted by atomic mass is 9.87. The summed E-state index contributed by atoms with van der Waals surface area (Å²) in [6.07, 6.45) is 6.24. The Hall–Kier alpha value is -3.87. The van der Waals surface area contributed by atoms with E-state index >= 15 is 4.39 Å². The Bertz CT molecular complexity index is 1610. The fraction of sp³-hybridized carbons (Fsp3) is 0.423. The Morgan fingerprint density at radius 3 is 2.64 bits per heavy atom. The van der Waals surface area contributed by atoms with E-state index in [-0.39, 0.29) is 34.8 Å². The predicted molar refractivity (Wildman–Crippen MR) is 138 cm³/mol. The molecule has 206 valence electrons. The second kappa shape index (κ2) is 10.7.